The van der Waals surface area contributed by atoms with Gasteiger partial charge in [-0.3, -0.25) is 5.48 Å². The Labute approximate surface area is 65.6 Å². The summed E-state index contributed by atoms with van der Waals surface area (Å²) in [5.74, 6) is 0. The van der Waals surface area contributed by atoms with Gasteiger partial charge in [-0.25, -0.2) is 4.57 Å². The van der Waals surface area contributed by atoms with Crippen LogP contribution in [0, 0.1) is 0 Å². The Morgan fingerprint density at radius 1 is 1.45 bits per heavy atom. The number of para-hydroxylation sites is 2. The number of anilines is 2. The third-order valence-corrected chi connectivity index (χ3v) is 1.32. The Kier molecular flexibility index (Phi) is 2.83. The van der Waals surface area contributed by atoms with E-state index in [1.165, 1.54) is 0 Å². The Morgan fingerprint density at radius 3 is 2.82 bits per heavy atom. The molecule has 58 valence electrons. The Bertz CT molecular complexity index is 254. The third-order valence-electron chi connectivity index (χ3n) is 1.15. The van der Waals surface area contributed by atoms with Gasteiger partial charge in [0.25, 0.3) is 0 Å². The van der Waals surface area contributed by atoms with E-state index in [1.54, 1.807) is 24.3 Å². The topological polar surface area (TPSA) is 64.3 Å². The maximum Gasteiger partial charge on any atom is 0.351 e. The van der Waals surface area contributed by atoms with Gasteiger partial charge in [0, 0.05) is 0 Å². The molecule has 0 heterocycles. The van der Waals surface area contributed by atoms with Gasteiger partial charge in [-0.05, 0) is 12.1 Å². The number of nitrogen functional groups attached to an aromatic ring is 1. The molecule has 1 aromatic rings. The van der Waals surface area contributed by atoms with Crippen LogP contribution in [0.4, 0.5) is 11.4 Å². The SMILES string of the molecule is Nc1ccccc1NOP=O. The van der Waals surface area contributed by atoms with E-state index >= 15 is 0 Å². The molecule has 5 heteroatoms. The second-order valence-corrected chi connectivity index (χ2v) is 2.19. The van der Waals surface area contributed by atoms with Crippen LogP contribution in [0.2, 0.25) is 0 Å². The van der Waals surface area contributed by atoms with E-state index in [2.05, 4.69) is 10.1 Å². The van der Waals surface area contributed by atoms with Crippen molar-refractivity contribution in [2.75, 3.05) is 11.2 Å². The van der Waals surface area contributed by atoms with Crippen LogP contribution in [0.3, 0.4) is 0 Å². The van der Waals surface area contributed by atoms with Crippen molar-refractivity contribution in [3.8, 4) is 0 Å². The first kappa shape index (κ1) is 7.98. The van der Waals surface area contributed by atoms with E-state index in [9.17, 15) is 4.57 Å². The Morgan fingerprint density at radius 2 is 2.18 bits per heavy atom. The van der Waals surface area contributed by atoms with Gasteiger partial charge < -0.3 is 5.73 Å². The van der Waals surface area contributed by atoms with E-state index in [1.807, 2.05) is 0 Å². The molecule has 11 heavy (non-hydrogen) atoms. The molecule has 3 N–H and O–H groups in total. The van der Waals surface area contributed by atoms with Crippen LogP contribution in [0.25, 0.3) is 0 Å². The first-order valence-electron chi connectivity index (χ1n) is 2.94. The number of hydrogen-bond donors (Lipinski definition) is 2. The van der Waals surface area contributed by atoms with Gasteiger partial charge in [-0.1, -0.05) is 12.1 Å². The first-order chi connectivity index (χ1) is 5.34. The highest BCUT2D eigenvalue weighted by Crippen LogP contribution is 2.17. The molecule has 0 aliphatic carbocycles. The largest absolute Gasteiger partial charge is 0.397 e. The molecule has 0 radical (unpaired) electrons. The van der Waals surface area contributed by atoms with Crippen molar-refractivity contribution in [3.05, 3.63) is 24.3 Å². The standard InChI is InChI=1S/C6H7N2O2P/c7-5-3-1-2-4-6(5)8-10-11-9/h1-4,8H,7H2. The zero-order valence-electron chi connectivity index (χ0n) is 5.65. The van der Waals surface area contributed by atoms with Gasteiger partial charge in [0.1, 0.15) is 0 Å². The minimum atomic E-state index is -0.424. The monoisotopic (exact) mass is 170 g/mol. The van der Waals surface area contributed by atoms with Gasteiger partial charge in [0.05, 0.1) is 11.4 Å². The zero-order chi connectivity index (χ0) is 8.10. The highest BCUT2D eigenvalue weighted by Gasteiger charge is 1.94. The van der Waals surface area contributed by atoms with Crippen molar-refractivity contribution in [2.45, 2.75) is 0 Å². The van der Waals surface area contributed by atoms with Crippen LogP contribution in [0.5, 0.6) is 0 Å². The van der Waals surface area contributed by atoms with Gasteiger partial charge in [0.2, 0.25) is 0 Å². The van der Waals surface area contributed by atoms with Crippen molar-refractivity contribution >= 4 is 20.1 Å². The summed E-state index contributed by atoms with van der Waals surface area (Å²) in [6, 6.07) is 7.03. The van der Waals surface area contributed by atoms with E-state index < -0.39 is 8.69 Å². The van der Waals surface area contributed by atoms with Crippen LogP contribution in [0.15, 0.2) is 24.3 Å². The minimum absolute atomic E-state index is 0.424. The molecule has 0 aliphatic heterocycles. The molecule has 4 nitrogen and oxygen atoms in total. The number of nitrogens with two attached hydrogens (primary N) is 1. The molecule has 0 amide bonds. The lowest BCUT2D eigenvalue weighted by Gasteiger charge is -2.02. The number of rotatable bonds is 3. The van der Waals surface area contributed by atoms with Crippen LogP contribution in [-0.2, 0) is 9.19 Å². The molecule has 0 saturated heterocycles. The molecule has 0 bridgehead atoms. The van der Waals surface area contributed by atoms with E-state index in [0.29, 0.717) is 11.4 Å². The fourth-order valence-electron chi connectivity index (χ4n) is 0.658. The predicted molar refractivity (Wildman–Crippen MR) is 43.2 cm³/mol. The summed E-state index contributed by atoms with van der Waals surface area (Å²) in [6.45, 7) is 0. The van der Waals surface area contributed by atoms with E-state index in [4.69, 9.17) is 5.73 Å². The molecule has 0 atom stereocenters. The van der Waals surface area contributed by atoms with Crippen molar-refractivity contribution in [1.82, 2.24) is 0 Å². The molecule has 1 aromatic carbocycles. The summed E-state index contributed by atoms with van der Waals surface area (Å²) in [7, 11) is -0.424. The molecule has 0 unspecified atom stereocenters. The van der Waals surface area contributed by atoms with Crippen molar-refractivity contribution in [1.29, 1.82) is 0 Å². The van der Waals surface area contributed by atoms with Crippen molar-refractivity contribution in [2.24, 2.45) is 0 Å². The summed E-state index contributed by atoms with van der Waals surface area (Å²) in [5, 5.41) is 0. The van der Waals surface area contributed by atoms with Gasteiger partial charge >= 0.3 is 8.69 Å². The normalized spacial score (nSPS) is 9.82. The highest BCUT2D eigenvalue weighted by atomic mass is 31.1. The van der Waals surface area contributed by atoms with E-state index in [-0.39, 0.29) is 0 Å². The maximum atomic E-state index is 9.86. The van der Waals surface area contributed by atoms with Gasteiger partial charge in [0.15, 0.2) is 0 Å². The minimum Gasteiger partial charge on any atom is -0.397 e. The summed E-state index contributed by atoms with van der Waals surface area (Å²) in [4.78, 5) is 0. The van der Waals surface area contributed by atoms with Crippen LogP contribution in [-0.4, -0.2) is 0 Å². The van der Waals surface area contributed by atoms with Crippen molar-refractivity contribution in [3.63, 3.8) is 0 Å². The lowest BCUT2D eigenvalue weighted by atomic mass is 10.3. The lowest BCUT2D eigenvalue weighted by molar-refractivity contribution is 0.425. The number of nitrogens with one attached hydrogen (secondary N) is 1. The number of hydrogen-bond acceptors (Lipinski definition) is 4. The average Bonchev–Trinajstić information content (AvgIpc) is 2.03. The lowest BCUT2D eigenvalue weighted by Crippen LogP contribution is -1.96. The summed E-state index contributed by atoms with van der Waals surface area (Å²) in [6.07, 6.45) is 0. The third kappa shape index (κ3) is 2.18. The maximum absolute atomic E-state index is 9.86. The summed E-state index contributed by atoms with van der Waals surface area (Å²) in [5.41, 5.74) is 9.09. The summed E-state index contributed by atoms with van der Waals surface area (Å²) < 4.78 is 14.2. The molecule has 0 saturated carbocycles. The quantitative estimate of drug-likeness (QED) is 0.412. The van der Waals surface area contributed by atoms with Crippen LogP contribution < -0.4 is 11.2 Å². The van der Waals surface area contributed by atoms with Gasteiger partial charge in [-0.15, -0.1) is 0 Å². The Hall–Kier alpha value is -1.12. The average molecular weight is 170 g/mol. The molecule has 0 spiro atoms. The van der Waals surface area contributed by atoms with Crippen LogP contribution in [0.1, 0.15) is 0 Å². The molecule has 0 aromatic heterocycles. The molecular formula is C6H7N2O2P. The Balaban J connectivity index is 2.69. The zero-order valence-corrected chi connectivity index (χ0v) is 6.54. The van der Waals surface area contributed by atoms with Crippen LogP contribution >= 0.6 is 8.69 Å². The fraction of sp³-hybridized carbons (Fsp3) is 0. The van der Waals surface area contributed by atoms with E-state index in [0.717, 1.165) is 0 Å². The second-order valence-electron chi connectivity index (χ2n) is 1.86. The molecule has 1 rings (SSSR count). The summed E-state index contributed by atoms with van der Waals surface area (Å²) >= 11 is 0. The number of benzene rings is 1. The van der Waals surface area contributed by atoms with Crippen molar-refractivity contribution < 1.29 is 9.19 Å². The molecule has 0 aliphatic rings. The van der Waals surface area contributed by atoms with Gasteiger partial charge in [-0.2, -0.15) is 4.62 Å². The molecular weight excluding hydrogens is 163 g/mol. The second kappa shape index (κ2) is 3.91. The first-order valence-corrected chi connectivity index (χ1v) is 3.67. The fourth-order valence-corrected chi connectivity index (χ4v) is 0.793. The smallest absolute Gasteiger partial charge is 0.351 e. The molecule has 0 fully saturated rings. The highest BCUT2D eigenvalue weighted by molar-refractivity contribution is 7.17. The predicted octanol–water partition coefficient (Wildman–Crippen LogP) is 1.82.